The minimum absolute atomic E-state index is 0.0121. The van der Waals surface area contributed by atoms with Gasteiger partial charge < -0.3 is 4.90 Å². The molecule has 1 amide bonds. The van der Waals surface area contributed by atoms with E-state index in [1.54, 1.807) is 7.05 Å². The average Bonchev–Trinajstić information content (AvgIpc) is 2.29. The van der Waals surface area contributed by atoms with Gasteiger partial charge in [-0.05, 0) is 18.4 Å². The lowest BCUT2D eigenvalue weighted by molar-refractivity contribution is -0.131. The zero-order valence-electron chi connectivity index (χ0n) is 11.5. The van der Waals surface area contributed by atoms with E-state index in [2.05, 4.69) is 6.07 Å². The van der Waals surface area contributed by atoms with Crippen LogP contribution in [0.5, 0.6) is 0 Å². The van der Waals surface area contributed by atoms with Gasteiger partial charge in [0.2, 0.25) is 5.91 Å². The SMILES string of the molecule is Cc1cccc(C(C#N)N(C)C(=O)CC(C)C)c1. The lowest BCUT2D eigenvalue weighted by Gasteiger charge is -2.24. The molecule has 0 aromatic heterocycles. The van der Waals surface area contributed by atoms with Crippen LogP contribution in [0.3, 0.4) is 0 Å². The van der Waals surface area contributed by atoms with Gasteiger partial charge in [-0.15, -0.1) is 0 Å². The Morgan fingerprint density at radius 1 is 1.44 bits per heavy atom. The van der Waals surface area contributed by atoms with Crippen molar-refractivity contribution >= 4 is 5.91 Å². The summed E-state index contributed by atoms with van der Waals surface area (Å²) in [5, 5.41) is 9.28. The number of carbonyl (C=O) groups is 1. The quantitative estimate of drug-likeness (QED) is 0.817. The minimum Gasteiger partial charge on any atom is -0.326 e. The molecule has 1 aromatic carbocycles. The van der Waals surface area contributed by atoms with Gasteiger partial charge in [0, 0.05) is 13.5 Å². The molecule has 0 bridgehead atoms. The van der Waals surface area contributed by atoms with Gasteiger partial charge in [-0.3, -0.25) is 4.79 Å². The third kappa shape index (κ3) is 3.59. The molecule has 0 saturated carbocycles. The van der Waals surface area contributed by atoms with Crippen LogP contribution in [0.25, 0.3) is 0 Å². The van der Waals surface area contributed by atoms with E-state index in [9.17, 15) is 10.1 Å². The molecule has 0 aliphatic carbocycles. The highest BCUT2D eigenvalue weighted by Crippen LogP contribution is 2.21. The van der Waals surface area contributed by atoms with Crippen LogP contribution < -0.4 is 0 Å². The van der Waals surface area contributed by atoms with Gasteiger partial charge in [0.1, 0.15) is 6.04 Å². The zero-order valence-corrected chi connectivity index (χ0v) is 11.5. The molecule has 0 N–H and O–H groups in total. The monoisotopic (exact) mass is 244 g/mol. The molecule has 1 rings (SSSR count). The highest BCUT2D eigenvalue weighted by Gasteiger charge is 2.21. The summed E-state index contributed by atoms with van der Waals surface area (Å²) in [5.74, 6) is 0.315. The second kappa shape index (κ2) is 6.20. The van der Waals surface area contributed by atoms with Crippen molar-refractivity contribution < 1.29 is 4.79 Å². The van der Waals surface area contributed by atoms with Crippen molar-refractivity contribution in [1.29, 1.82) is 5.26 Å². The summed E-state index contributed by atoms with van der Waals surface area (Å²) in [6.45, 7) is 5.98. The summed E-state index contributed by atoms with van der Waals surface area (Å²) in [6, 6.07) is 9.43. The van der Waals surface area contributed by atoms with Crippen LogP contribution in [0.15, 0.2) is 24.3 Å². The Hall–Kier alpha value is -1.82. The van der Waals surface area contributed by atoms with Crippen LogP contribution in [0.1, 0.15) is 37.4 Å². The molecule has 96 valence electrons. The molecule has 0 radical (unpaired) electrons. The second-order valence-corrected chi connectivity index (χ2v) is 5.05. The molecule has 1 aromatic rings. The number of hydrogen-bond acceptors (Lipinski definition) is 2. The average molecular weight is 244 g/mol. The molecule has 0 saturated heterocycles. The maximum atomic E-state index is 12.0. The molecular formula is C15H20N2O. The van der Waals surface area contributed by atoms with Crippen molar-refractivity contribution in [2.24, 2.45) is 5.92 Å². The van der Waals surface area contributed by atoms with Gasteiger partial charge in [0.05, 0.1) is 6.07 Å². The number of hydrogen-bond donors (Lipinski definition) is 0. The number of carbonyl (C=O) groups excluding carboxylic acids is 1. The van der Waals surface area contributed by atoms with Crippen molar-refractivity contribution in [2.45, 2.75) is 33.2 Å². The second-order valence-electron chi connectivity index (χ2n) is 5.05. The summed E-state index contributed by atoms with van der Waals surface area (Å²) in [5.41, 5.74) is 1.97. The van der Waals surface area contributed by atoms with E-state index in [0.717, 1.165) is 11.1 Å². The summed E-state index contributed by atoms with van der Waals surface area (Å²) in [6.07, 6.45) is 0.473. The molecule has 18 heavy (non-hydrogen) atoms. The summed E-state index contributed by atoms with van der Waals surface area (Å²) in [4.78, 5) is 13.5. The van der Waals surface area contributed by atoms with Crippen LogP contribution in [0.4, 0.5) is 0 Å². The Bertz CT molecular complexity index is 460. The molecule has 0 spiro atoms. The Morgan fingerprint density at radius 3 is 2.61 bits per heavy atom. The standard InChI is InChI=1S/C15H20N2O/c1-11(2)8-15(18)17(4)14(10-16)13-7-5-6-12(3)9-13/h5-7,9,11,14H,8H2,1-4H3. The molecular weight excluding hydrogens is 224 g/mol. The fourth-order valence-corrected chi connectivity index (χ4v) is 1.86. The number of aryl methyl sites for hydroxylation is 1. The highest BCUT2D eigenvalue weighted by atomic mass is 16.2. The maximum absolute atomic E-state index is 12.0. The predicted octanol–water partition coefficient (Wildman–Crippen LogP) is 3.06. The van der Waals surface area contributed by atoms with Crippen LogP contribution in [0.2, 0.25) is 0 Å². The fraction of sp³-hybridized carbons (Fsp3) is 0.467. The van der Waals surface area contributed by atoms with E-state index in [1.165, 1.54) is 4.90 Å². The topological polar surface area (TPSA) is 44.1 Å². The minimum atomic E-state index is -0.504. The summed E-state index contributed by atoms with van der Waals surface area (Å²) < 4.78 is 0. The summed E-state index contributed by atoms with van der Waals surface area (Å²) in [7, 11) is 1.70. The molecule has 1 atom stereocenters. The van der Waals surface area contributed by atoms with E-state index in [0.29, 0.717) is 12.3 Å². The van der Waals surface area contributed by atoms with Crippen molar-refractivity contribution in [1.82, 2.24) is 4.90 Å². The molecule has 0 heterocycles. The van der Waals surface area contributed by atoms with E-state index >= 15 is 0 Å². The van der Waals surface area contributed by atoms with E-state index in [4.69, 9.17) is 0 Å². The van der Waals surface area contributed by atoms with Gasteiger partial charge in [0.15, 0.2) is 0 Å². The lowest BCUT2D eigenvalue weighted by Crippen LogP contribution is -2.31. The molecule has 0 aliphatic heterocycles. The Labute approximate surface area is 109 Å². The van der Waals surface area contributed by atoms with Crippen molar-refractivity contribution in [2.75, 3.05) is 7.05 Å². The van der Waals surface area contributed by atoms with Crippen molar-refractivity contribution in [3.8, 4) is 6.07 Å². The van der Waals surface area contributed by atoms with E-state index in [-0.39, 0.29) is 5.91 Å². The summed E-state index contributed by atoms with van der Waals surface area (Å²) >= 11 is 0. The van der Waals surface area contributed by atoms with Gasteiger partial charge >= 0.3 is 0 Å². The van der Waals surface area contributed by atoms with E-state index in [1.807, 2.05) is 45.0 Å². The first-order valence-corrected chi connectivity index (χ1v) is 6.17. The van der Waals surface area contributed by atoms with Crippen LogP contribution in [-0.4, -0.2) is 17.9 Å². The number of rotatable bonds is 4. The predicted molar refractivity (Wildman–Crippen MR) is 71.8 cm³/mol. The Morgan fingerprint density at radius 2 is 2.11 bits per heavy atom. The fourth-order valence-electron chi connectivity index (χ4n) is 1.86. The van der Waals surface area contributed by atoms with Gasteiger partial charge in [-0.1, -0.05) is 43.7 Å². The smallest absolute Gasteiger partial charge is 0.223 e. The molecule has 1 unspecified atom stereocenters. The first kappa shape index (κ1) is 14.2. The number of nitriles is 1. The lowest BCUT2D eigenvalue weighted by atomic mass is 10.0. The molecule has 0 fully saturated rings. The number of amides is 1. The van der Waals surface area contributed by atoms with Crippen molar-refractivity contribution in [3.05, 3.63) is 35.4 Å². The van der Waals surface area contributed by atoms with Gasteiger partial charge in [-0.2, -0.15) is 5.26 Å². The third-order valence-electron chi connectivity index (χ3n) is 2.84. The first-order chi connectivity index (χ1) is 8.45. The van der Waals surface area contributed by atoms with Crippen LogP contribution in [0, 0.1) is 24.2 Å². The molecule has 0 aliphatic rings. The Kier molecular flexibility index (Phi) is 4.91. The van der Waals surface area contributed by atoms with Gasteiger partial charge in [-0.25, -0.2) is 0 Å². The van der Waals surface area contributed by atoms with E-state index < -0.39 is 6.04 Å². The highest BCUT2D eigenvalue weighted by molar-refractivity contribution is 5.77. The first-order valence-electron chi connectivity index (χ1n) is 6.17. The zero-order chi connectivity index (χ0) is 13.7. The maximum Gasteiger partial charge on any atom is 0.223 e. The third-order valence-corrected chi connectivity index (χ3v) is 2.84. The Balaban J connectivity index is 2.91. The number of benzene rings is 1. The van der Waals surface area contributed by atoms with Crippen molar-refractivity contribution in [3.63, 3.8) is 0 Å². The van der Waals surface area contributed by atoms with Crippen LogP contribution in [-0.2, 0) is 4.79 Å². The van der Waals surface area contributed by atoms with Gasteiger partial charge in [0.25, 0.3) is 0 Å². The van der Waals surface area contributed by atoms with Crippen LogP contribution >= 0.6 is 0 Å². The molecule has 3 nitrogen and oxygen atoms in total. The largest absolute Gasteiger partial charge is 0.326 e. The molecule has 3 heteroatoms. The normalized spacial score (nSPS) is 12.0. The number of nitrogens with zero attached hydrogens (tertiary/aromatic N) is 2.